The van der Waals surface area contributed by atoms with Crippen LogP contribution in [0.1, 0.15) is 32.6 Å². The van der Waals surface area contributed by atoms with E-state index in [9.17, 15) is 24.0 Å². The molecule has 0 aromatic carbocycles. The molecule has 0 unspecified atom stereocenters. The van der Waals surface area contributed by atoms with Crippen LogP contribution in [0.2, 0.25) is 0 Å². The van der Waals surface area contributed by atoms with E-state index in [1.54, 1.807) is 0 Å². The second-order valence-corrected chi connectivity index (χ2v) is 6.89. The minimum absolute atomic E-state index is 0.0352. The molecule has 1 heterocycles. The SMILES string of the molecule is C[C@H](C=O)CCCCNC(=O)COCCOCCNC(=O)CCN1C(=O)C=CC1=O. The lowest BCUT2D eigenvalue weighted by atomic mass is 10.1. The maximum Gasteiger partial charge on any atom is 0.253 e. The smallest absolute Gasteiger partial charge is 0.253 e. The highest BCUT2D eigenvalue weighted by atomic mass is 16.5. The van der Waals surface area contributed by atoms with E-state index in [1.165, 1.54) is 12.2 Å². The second-order valence-electron chi connectivity index (χ2n) is 6.89. The first-order chi connectivity index (χ1) is 14.4. The molecular formula is C20H31N3O7. The van der Waals surface area contributed by atoms with E-state index < -0.39 is 11.8 Å². The van der Waals surface area contributed by atoms with E-state index in [0.29, 0.717) is 13.1 Å². The van der Waals surface area contributed by atoms with Crippen molar-refractivity contribution in [1.82, 2.24) is 15.5 Å². The van der Waals surface area contributed by atoms with Gasteiger partial charge >= 0.3 is 0 Å². The van der Waals surface area contributed by atoms with Gasteiger partial charge in [-0.05, 0) is 12.8 Å². The maximum atomic E-state index is 11.7. The van der Waals surface area contributed by atoms with Crippen molar-refractivity contribution in [2.45, 2.75) is 32.6 Å². The molecule has 168 valence electrons. The molecule has 0 saturated heterocycles. The summed E-state index contributed by atoms with van der Waals surface area (Å²) >= 11 is 0. The fourth-order valence-electron chi connectivity index (χ4n) is 2.54. The summed E-state index contributed by atoms with van der Waals surface area (Å²) in [4.78, 5) is 57.5. The van der Waals surface area contributed by atoms with Gasteiger partial charge in [0.2, 0.25) is 11.8 Å². The summed E-state index contributed by atoms with van der Waals surface area (Å²) in [6.45, 7) is 3.54. The van der Waals surface area contributed by atoms with Gasteiger partial charge in [-0.1, -0.05) is 13.3 Å². The van der Waals surface area contributed by atoms with Crippen LogP contribution in [-0.4, -0.2) is 80.9 Å². The van der Waals surface area contributed by atoms with Crippen LogP contribution in [-0.2, 0) is 33.4 Å². The maximum absolute atomic E-state index is 11.7. The lowest BCUT2D eigenvalue weighted by Crippen LogP contribution is -2.35. The predicted octanol–water partition coefficient (Wildman–Crippen LogP) is -0.428. The number of aldehydes is 1. The summed E-state index contributed by atoms with van der Waals surface area (Å²) in [5, 5.41) is 5.38. The zero-order valence-corrected chi connectivity index (χ0v) is 17.4. The first kappa shape index (κ1) is 25.4. The summed E-state index contributed by atoms with van der Waals surface area (Å²) in [6.07, 6.45) is 5.85. The number of imide groups is 1. The second kappa shape index (κ2) is 15.3. The fourth-order valence-corrected chi connectivity index (χ4v) is 2.54. The van der Waals surface area contributed by atoms with Gasteiger partial charge in [-0.25, -0.2) is 0 Å². The number of carbonyl (C=O) groups excluding carboxylic acids is 5. The molecule has 1 atom stereocenters. The van der Waals surface area contributed by atoms with Gasteiger partial charge < -0.3 is 24.9 Å². The van der Waals surface area contributed by atoms with Gasteiger partial charge in [0.25, 0.3) is 11.8 Å². The van der Waals surface area contributed by atoms with Crippen molar-refractivity contribution in [1.29, 1.82) is 0 Å². The van der Waals surface area contributed by atoms with Crippen LogP contribution in [0.25, 0.3) is 0 Å². The van der Waals surface area contributed by atoms with Gasteiger partial charge in [-0.2, -0.15) is 0 Å². The third-order valence-corrected chi connectivity index (χ3v) is 4.28. The minimum atomic E-state index is -0.408. The van der Waals surface area contributed by atoms with Crippen LogP contribution in [0.5, 0.6) is 0 Å². The van der Waals surface area contributed by atoms with Crippen molar-refractivity contribution >= 4 is 29.9 Å². The van der Waals surface area contributed by atoms with Gasteiger partial charge in [-0.15, -0.1) is 0 Å². The Morgan fingerprint density at radius 2 is 1.67 bits per heavy atom. The number of rotatable bonds is 17. The summed E-state index contributed by atoms with van der Waals surface area (Å²) in [5.41, 5.74) is 0. The van der Waals surface area contributed by atoms with E-state index in [0.717, 1.165) is 30.4 Å². The molecule has 1 aliphatic rings. The summed E-state index contributed by atoms with van der Waals surface area (Å²) in [5.74, 6) is -1.24. The Morgan fingerprint density at radius 1 is 1.00 bits per heavy atom. The van der Waals surface area contributed by atoms with Crippen molar-refractivity contribution in [3.63, 3.8) is 0 Å². The van der Waals surface area contributed by atoms with Crippen molar-refractivity contribution in [3.8, 4) is 0 Å². The van der Waals surface area contributed by atoms with Crippen molar-refractivity contribution in [3.05, 3.63) is 12.2 Å². The van der Waals surface area contributed by atoms with Gasteiger partial charge in [0.15, 0.2) is 0 Å². The highest BCUT2D eigenvalue weighted by Crippen LogP contribution is 2.04. The molecule has 0 aromatic rings. The fraction of sp³-hybridized carbons (Fsp3) is 0.650. The quantitative estimate of drug-likeness (QED) is 0.184. The van der Waals surface area contributed by atoms with Gasteiger partial charge in [0, 0.05) is 44.1 Å². The highest BCUT2D eigenvalue weighted by molar-refractivity contribution is 6.13. The Bertz CT molecular complexity index is 604. The molecule has 0 spiro atoms. The molecule has 0 saturated carbocycles. The molecule has 1 aliphatic heterocycles. The number of amides is 4. The Labute approximate surface area is 176 Å². The standard InChI is InChI=1S/C20H31N3O7/c1-16(14-24)4-2-3-8-21-18(26)15-30-13-12-29-11-9-22-17(25)7-10-23-19(27)5-6-20(23)28/h5-6,14,16H,2-4,7-13,15H2,1H3,(H,21,26)(H,22,25)/t16-/m0/s1. The molecule has 1 rings (SSSR count). The zero-order chi connectivity index (χ0) is 22.2. The van der Waals surface area contributed by atoms with E-state index in [-0.39, 0.29) is 57.1 Å². The number of unbranched alkanes of at least 4 members (excludes halogenated alkanes) is 1. The Kier molecular flexibility index (Phi) is 13.0. The van der Waals surface area contributed by atoms with E-state index in [2.05, 4.69) is 10.6 Å². The summed E-state index contributed by atoms with van der Waals surface area (Å²) < 4.78 is 10.5. The molecule has 0 bridgehead atoms. The van der Waals surface area contributed by atoms with Crippen LogP contribution in [0.15, 0.2) is 12.2 Å². The van der Waals surface area contributed by atoms with E-state index in [4.69, 9.17) is 9.47 Å². The number of carbonyl (C=O) groups is 5. The molecule has 0 aliphatic carbocycles. The van der Waals surface area contributed by atoms with Gasteiger partial charge in [-0.3, -0.25) is 24.1 Å². The van der Waals surface area contributed by atoms with Crippen molar-refractivity contribution in [2.75, 3.05) is 46.1 Å². The summed E-state index contributed by atoms with van der Waals surface area (Å²) in [7, 11) is 0. The van der Waals surface area contributed by atoms with Crippen LogP contribution in [0.3, 0.4) is 0 Å². The van der Waals surface area contributed by atoms with Crippen LogP contribution in [0, 0.1) is 5.92 Å². The van der Waals surface area contributed by atoms with Crippen molar-refractivity contribution < 1.29 is 33.4 Å². The lowest BCUT2D eigenvalue weighted by Gasteiger charge is -2.13. The lowest BCUT2D eigenvalue weighted by molar-refractivity contribution is -0.137. The molecule has 10 heteroatoms. The molecular weight excluding hydrogens is 394 g/mol. The Morgan fingerprint density at radius 3 is 2.37 bits per heavy atom. The molecule has 2 N–H and O–H groups in total. The number of hydrogen-bond acceptors (Lipinski definition) is 7. The number of nitrogens with one attached hydrogen (secondary N) is 2. The number of ether oxygens (including phenoxy) is 2. The largest absolute Gasteiger partial charge is 0.377 e. The Balaban J connectivity index is 1.88. The third-order valence-electron chi connectivity index (χ3n) is 4.28. The van der Waals surface area contributed by atoms with Crippen LogP contribution < -0.4 is 10.6 Å². The van der Waals surface area contributed by atoms with Crippen LogP contribution in [0.4, 0.5) is 0 Å². The van der Waals surface area contributed by atoms with E-state index in [1.807, 2.05) is 6.92 Å². The molecule has 30 heavy (non-hydrogen) atoms. The normalized spacial score (nSPS) is 14.1. The molecule has 10 nitrogen and oxygen atoms in total. The van der Waals surface area contributed by atoms with E-state index >= 15 is 0 Å². The zero-order valence-electron chi connectivity index (χ0n) is 17.4. The minimum Gasteiger partial charge on any atom is -0.377 e. The average molecular weight is 425 g/mol. The molecule has 0 fully saturated rings. The highest BCUT2D eigenvalue weighted by Gasteiger charge is 2.23. The Hall–Kier alpha value is -2.59. The number of nitrogens with zero attached hydrogens (tertiary/aromatic N) is 1. The molecule has 0 radical (unpaired) electrons. The first-order valence-corrected chi connectivity index (χ1v) is 10.1. The topological polar surface area (TPSA) is 131 Å². The molecule has 4 amide bonds. The third kappa shape index (κ3) is 11.4. The van der Waals surface area contributed by atoms with Crippen LogP contribution >= 0.6 is 0 Å². The monoisotopic (exact) mass is 425 g/mol. The number of hydrogen-bond donors (Lipinski definition) is 2. The van der Waals surface area contributed by atoms with Crippen molar-refractivity contribution in [2.24, 2.45) is 5.92 Å². The summed E-state index contributed by atoms with van der Waals surface area (Å²) in [6, 6.07) is 0. The predicted molar refractivity (Wildman–Crippen MR) is 107 cm³/mol. The average Bonchev–Trinajstić information content (AvgIpc) is 3.05. The van der Waals surface area contributed by atoms with Gasteiger partial charge in [0.1, 0.15) is 12.9 Å². The molecule has 0 aromatic heterocycles. The van der Waals surface area contributed by atoms with Gasteiger partial charge in [0.05, 0.1) is 19.8 Å². The first-order valence-electron chi connectivity index (χ1n) is 10.1.